The number of benzene rings is 2. The van der Waals surface area contributed by atoms with E-state index in [2.05, 4.69) is 10.6 Å². The molecule has 1 aliphatic heterocycles. The predicted octanol–water partition coefficient (Wildman–Crippen LogP) is 3.18. The van der Waals surface area contributed by atoms with Crippen LogP contribution in [0.25, 0.3) is 0 Å². The SMILES string of the molecule is CCOc1ccc(NC(=O)C(=O)Nc2cccc(N3CCCCC3=O)c2)cc1. The van der Waals surface area contributed by atoms with Crippen molar-refractivity contribution in [3.8, 4) is 5.75 Å². The normalized spacial score (nSPS) is 13.8. The van der Waals surface area contributed by atoms with Gasteiger partial charge in [-0.05, 0) is 62.2 Å². The van der Waals surface area contributed by atoms with Crippen LogP contribution in [0.3, 0.4) is 0 Å². The number of rotatable bonds is 5. The zero-order chi connectivity index (χ0) is 19.9. The van der Waals surface area contributed by atoms with Crippen LogP contribution in [0.2, 0.25) is 0 Å². The van der Waals surface area contributed by atoms with Gasteiger partial charge in [0.05, 0.1) is 6.61 Å². The van der Waals surface area contributed by atoms with Gasteiger partial charge in [-0.1, -0.05) is 6.07 Å². The van der Waals surface area contributed by atoms with E-state index in [4.69, 9.17) is 4.74 Å². The average molecular weight is 381 g/mol. The highest BCUT2D eigenvalue weighted by molar-refractivity contribution is 6.43. The Morgan fingerprint density at radius 3 is 2.39 bits per heavy atom. The summed E-state index contributed by atoms with van der Waals surface area (Å²) in [5.74, 6) is -0.795. The monoisotopic (exact) mass is 381 g/mol. The Hall–Kier alpha value is -3.35. The molecule has 0 spiro atoms. The molecule has 3 amide bonds. The molecule has 0 aliphatic carbocycles. The van der Waals surface area contributed by atoms with Crippen molar-refractivity contribution in [3.05, 3.63) is 48.5 Å². The molecule has 2 N–H and O–H groups in total. The van der Waals surface area contributed by atoms with Crippen LogP contribution in [-0.4, -0.2) is 30.9 Å². The third-order valence-electron chi connectivity index (χ3n) is 4.37. The molecule has 1 fully saturated rings. The van der Waals surface area contributed by atoms with Gasteiger partial charge < -0.3 is 20.3 Å². The molecule has 7 nitrogen and oxygen atoms in total. The summed E-state index contributed by atoms with van der Waals surface area (Å²) in [6.45, 7) is 3.10. The van der Waals surface area contributed by atoms with Crippen molar-refractivity contribution in [1.29, 1.82) is 0 Å². The van der Waals surface area contributed by atoms with Gasteiger partial charge in [0, 0.05) is 30.0 Å². The standard InChI is InChI=1S/C21H23N3O4/c1-2-28-18-11-9-15(10-12-18)22-20(26)21(27)23-16-6-5-7-17(14-16)24-13-4-3-8-19(24)25/h5-7,9-12,14H,2-4,8,13H2,1H3,(H,22,26)(H,23,27). The molecular weight excluding hydrogens is 358 g/mol. The van der Waals surface area contributed by atoms with Gasteiger partial charge in [0.25, 0.3) is 0 Å². The quantitative estimate of drug-likeness (QED) is 0.779. The molecule has 0 aromatic heterocycles. The smallest absolute Gasteiger partial charge is 0.314 e. The number of hydrogen-bond donors (Lipinski definition) is 2. The lowest BCUT2D eigenvalue weighted by atomic mass is 10.1. The van der Waals surface area contributed by atoms with E-state index >= 15 is 0 Å². The molecule has 1 heterocycles. The Morgan fingerprint density at radius 2 is 1.71 bits per heavy atom. The van der Waals surface area contributed by atoms with Crippen LogP contribution in [-0.2, 0) is 14.4 Å². The van der Waals surface area contributed by atoms with Crippen LogP contribution in [0, 0.1) is 0 Å². The number of amides is 3. The van der Waals surface area contributed by atoms with Gasteiger partial charge in [-0.25, -0.2) is 0 Å². The van der Waals surface area contributed by atoms with E-state index in [0.717, 1.165) is 18.5 Å². The van der Waals surface area contributed by atoms with E-state index in [0.29, 0.717) is 36.7 Å². The second-order valence-corrected chi connectivity index (χ2v) is 6.42. The topological polar surface area (TPSA) is 87.7 Å². The molecular formula is C21H23N3O4. The fourth-order valence-corrected chi connectivity index (χ4v) is 3.01. The maximum absolute atomic E-state index is 12.2. The molecule has 2 aromatic carbocycles. The zero-order valence-corrected chi connectivity index (χ0v) is 15.7. The van der Waals surface area contributed by atoms with Gasteiger partial charge in [0.1, 0.15) is 5.75 Å². The van der Waals surface area contributed by atoms with Gasteiger partial charge in [-0.3, -0.25) is 14.4 Å². The van der Waals surface area contributed by atoms with Gasteiger partial charge >= 0.3 is 11.8 Å². The van der Waals surface area contributed by atoms with Crippen LogP contribution in [0.5, 0.6) is 5.75 Å². The van der Waals surface area contributed by atoms with Crippen molar-refractivity contribution in [1.82, 2.24) is 0 Å². The van der Waals surface area contributed by atoms with Crippen LogP contribution < -0.4 is 20.3 Å². The maximum atomic E-state index is 12.2. The first kappa shape index (κ1) is 19.4. The van der Waals surface area contributed by atoms with Crippen molar-refractivity contribution >= 4 is 34.8 Å². The summed E-state index contributed by atoms with van der Waals surface area (Å²) in [5.41, 5.74) is 1.67. The number of piperidine rings is 1. The first-order chi connectivity index (χ1) is 13.6. The van der Waals surface area contributed by atoms with Crippen molar-refractivity contribution in [2.45, 2.75) is 26.2 Å². The van der Waals surface area contributed by atoms with Crippen molar-refractivity contribution in [3.63, 3.8) is 0 Å². The third kappa shape index (κ3) is 4.88. The Morgan fingerprint density at radius 1 is 1.00 bits per heavy atom. The summed E-state index contributed by atoms with van der Waals surface area (Å²) < 4.78 is 5.34. The lowest BCUT2D eigenvalue weighted by Gasteiger charge is -2.27. The fourth-order valence-electron chi connectivity index (χ4n) is 3.01. The van der Waals surface area contributed by atoms with Gasteiger partial charge in [0.2, 0.25) is 5.91 Å². The Balaban J connectivity index is 1.61. The number of ether oxygens (including phenoxy) is 1. The molecule has 0 saturated carbocycles. The minimum atomic E-state index is -0.781. The number of carbonyl (C=O) groups is 3. The highest BCUT2D eigenvalue weighted by Crippen LogP contribution is 2.24. The molecule has 1 saturated heterocycles. The highest BCUT2D eigenvalue weighted by Gasteiger charge is 2.20. The number of carbonyl (C=O) groups excluding carboxylic acids is 3. The molecule has 146 valence electrons. The first-order valence-corrected chi connectivity index (χ1v) is 9.32. The molecule has 0 unspecified atom stereocenters. The molecule has 28 heavy (non-hydrogen) atoms. The second-order valence-electron chi connectivity index (χ2n) is 6.42. The van der Waals surface area contributed by atoms with E-state index in [1.54, 1.807) is 47.4 Å². The summed E-state index contributed by atoms with van der Waals surface area (Å²) in [4.78, 5) is 38.1. The van der Waals surface area contributed by atoms with Gasteiger partial charge in [-0.15, -0.1) is 0 Å². The minimum Gasteiger partial charge on any atom is -0.494 e. The lowest BCUT2D eigenvalue weighted by Crippen LogP contribution is -2.35. The summed E-state index contributed by atoms with van der Waals surface area (Å²) in [6.07, 6.45) is 2.38. The molecule has 0 bridgehead atoms. The Kier molecular flexibility index (Phi) is 6.26. The molecule has 3 rings (SSSR count). The third-order valence-corrected chi connectivity index (χ3v) is 4.37. The van der Waals surface area contributed by atoms with Gasteiger partial charge in [0.15, 0.2) is 0 Å². The summed E-state index contributed by atoms with van der Waals surface area (Å²) in [5, 5.41) is 5.12. The number of anilines is 3. The largest absolute Gasteiger partial charge is 0.494 e. The molecule has 0 atom stereocenters. The molecule has 0 radical (unpaired) electrons. The molecule has 2 aromatic rings. The van der Waals surface area contributed by atoms with Crippen LogP contribution in [0.4, 0.5) is 17.1 Å². The number of nitrogens with one attached hydrogen (secondary N) is 2. The van der Waals surface area contributed by atoms with Crippen LogP contribution >= 0.6 is 0 Å². The second kappa shape index (κ2) is 9.03. The van der Waals surface area contributed by atoms with Gasteiger partial charge in [-0.2, -0.15) is 0 Å². The van der Waals surface area contributed by atoms with Crippen molar-refractivity contribution in [2.75, 3.05) is 28.7 Å². The average Bonchev–Trinajstić information content (AvgIpc) is 2.70. The Bertz CT molecular complexity index is 864. The van der Waals surface area contributed by atoms with E-state index in [1.807, 2.05) is 13.0 Å². The summed E-state index contributed by atoms with van der Waals surface area (Å²) >= 11 is 0. The zero-order valence-electron chi connectivity index (χ0n) is 15.7. The van der Waals surface area contributed by atoms with Crippen molar-refractivity contribution < 1.29 is 19.1 Å². The molecule has 1 aliphatic rings. The number of hydrogen-bond acceptors (Lipinski definition) is 4. The van der Waals surface area contributed by atoms with E-state index < -0.39 is 11.8 Å². The number of nitrogens with zero attached hydrogens (tertiary/aromatic N) is 1. The first-order valence-electron chi connectivity index (χ1n) is 9.32. The van der Waals surface area contributed by atoms with Crippen molar-refractivity contribution in [2.24, 2.45) is 0 Å². The van der Waals surface area contributed by atoms with Crippen LogP contribution in [0.1, 0.15) is 26.2 Å². The van der Waals surface area contributed by atoms with E-state index in [9.17, 15) is 14.4 Å². The van der Waals surface area contributed by atoms with E-state index in [-0.39, 0.29) is 5.91 Å². The fraction of sp³-hybridized carbons (Fsp3) is 0.286. The highest BCUT2D eigenvalue weighted by atomic mass is 16.5. The summed E-state index contributed by atoms with van der Waals surface area (Å²) in [6, 6.07) is 13.7. The van der Waals surface area contributed by atoms with E-state index in [1.165, 1.54) is 0 Å². The minimum absolute atomic E-state index is 0.0722. The summed E-state index contributed by atoms with van der Waals surface area (Å²) in [7, 11) is 0. The predicted molar refractivity (Wildman–Crippen MR) is 108 cm³/mol. The maximum Gasteiger partial charge on any atom is 0.314 e. The molecule has 7 heteroatoms. The lowest BCUT2D eigenvalue weighted by molar-refractivity contribution is -0.132. The Labute approximate surface area is 163 Å². The van der Waals surface area contributed by atoms with Crippen LogP contribution in [0.15, 0.2) is 48.5 Å².